The largest absolute Gasteiger partial charge is 0.314 e. The number of hydrogen-bond acceptors (Lipinski definition) is 3. The molecule has 0 saturated carbocycles. The maximum absolute atomic E-state index is 14.5. The van der Waals surface area contributed by atoms with Crippen molar-refractivity contribution in [3.8, 4) is 0 Å². The Labute approximate surface area is 87.6 Å². The Morgan fingerprint density at radius 2 is 2.50 bits per heavy atom. The van der Waals surface area contributed by atoms with Crippen LogP contribution in [0.15, 0.2) is 5.38 Å². The van der Waals surface area contributed by atoms with Crippen LogP contribution in [0.2, 0.25) is 0 Å². The lowest BCUT2D eigenvalue weighted by atomic mass is 9.88. The standard InChI is InChI=1S/C10H15FN2S/c1-7-5-10(11,3-4-12-7)9-6-14-8(2)13-9/h6-7,12H,3-5H2,1-2H3. The van der Waals surface area contributed by atoms with Crippen molar-refractivity contribution in [1.82, 2.24) is 10.3 Å². The van der Waals surface area contributed by atoms with Gasteiger partial charge in [-0.15, -0.1) is 11.3 Å². The smallest absolute Gasteiger partial charge is 0.156 e. The average molecular weight is 214 g/mol. The fourth-order valence-corrected chi connectivity index (χ4v) is 2.68. The van der Waals surface area contributed by atoms with Gasteiger partial charge in [-0.05, 0) is 26.8 Å². The Morgan fingerprint density at radius 1 is 1.71 bits per heavy atom. The molecule has 2 nitrogen and oxygen atoms in total. The van der Waals surface area contributed by atoms with Gasteiger partial charge in [0.2, 0.25) is 0 Å². The summed E-state index contributed by atoms with van der Waals surface area (Å²) < 4.78 is 14.5. The van der Waals surface area contributed by atoms with E-state index in [1.54, 1.807) is 0 Å². The number of thiazole rings is 1. The number of hydrogen-bond donors (Lipinski definition) is 1. The van der Waals surface area contributed by atoms with E-state index in [0.717, 1.165) is 11.6 Å². The zero-order valence-corrected chi connectivity index (χ0v) is 9.33. The first-order valence-electron chi connectivity index (χ1n) is 4.95. The minimum atomic E-state index is -1.20. The molecule has 2 heterocycles. The maximum atomic E-state index is 14.5. The molecule has 0 amide bonds. The van der Waals surface area contributed by atoms with Crippen LogP contribution in [0.5, 0.6) is 0 Å². The van der Waals surface area contributed by atoms with Gasteiger partial charge < -0.3 is 5.32 Å². The number of alkyl halides is 1. The molecule has 0 radical (unpaired) electrons. The minimum absolute atomic E-state index is 0.246. The van der Waals surface area contributed by atoms with E-state index in [2.05, 4.69) is 10.3 Å². The molecule has 1 aromatic rings. The van der Waals surface area contributed by atoms with Crippen LogP contribution >= 0.6 is 11.3 Å². The normalized spacial score (nSPS) is 33.2. The molecular weight excluding hydrogens is 199 g/mol. The number of nitrogens with zero attached hydrogens (tertiary/aromatic N) is 1. The third-order valence-corrected chi connectivity index (χ3v) is 3.50. The molecule has 78 valence electrons. The van der Waals surface area contributed by atoms with Crippen LogP contribution in [0.3, 0.4) is 0 Å². The van der Waals surface area contributed by atoms with Crippen LogP contribution in [0.1, 0.15) is 30.5 Å². The minimum Gasteiger partial charge on any atom is -0.314 e. The molecule has 1 aliphatic rings. The average Bonchev–Trinajstić information content (AvgIpc) is 2.52. The van der Waals surface area contributed by atoms with Crippen molar-refractivity contribution in [1.29, 1.82) is 0 Å². The Balaban J connectivity index is 2.22. The predicted molar refractivity (Wildman–Crippen MR) is 56.3 cm³/mol. The van der Waals surface area contributed by atoms with Gasteiger partial charge in [0, 0.05) is 17.8 Å². The lowest BCUT2D eigenvalue weighted by Gasteiger charge is -2.32. The first kappa shape index (κ1) is 10.1. The Kier molecular flexibility index (Phi) is 2.58. The van der Waals surface area contributed by atoms with E-state index in [1.165, 1.54) is 11.3 Å². The molecular formula is C10H15FN2S. The first-order valence-corrected chi connectivity index (χ1v) is 5.83. The quantitative estimate of drug-likeness (QED) is 0.776. The van der Waals surface area contributed by atoms with E-state index in [1.807, 2.05) is 19.2 Å². The summed E-state index contributed by atoms with van der Waals surface area (Å²) in [6.45, 7) is 4.68. The molecule has 2 atom stereocenters. The molecule has 0 aliphatic carbocycles. The van der Waals surface area contributed by atoms with Gasteiger partial charge >= 0.3 is 0 Å². The number of aryl methyl sites for hydroxylation is 1. The number of piperidine rings is 1. The third kappa shape index (κ3) is 1.81. The van der Waals surface area contributed by atoms with Gasteiger partial charge in [0.25, 0.3) is 0 Å². The fourth-order valence-electron chi connectivity index (χ4n) is 1.98. The highest BCUT2D eigenvalue weighted by Crippen LogP contribution is 2.36. The lowest BCUT2D eigenvalue weighted by Crippen LogP contribution is -2.42. The topological polar surface area (TPSA) is 24.9 Å². The summed E-state index contributed by atoms with van der Waals surface area (Å²) in [7, 11) is 0. The van der Waals surface area contributed by atoms with Crippen LogP contribution in [-0.4, -0.2) is 17.6 Å². The van der Waals surface area contributed by atoms with Gasteiger partial charge in [0.15, 0.2) is 5.67 Å². The number of nitrogens with one attached hydrogen (secondary N) is 1. The van der Waals surface area contributed by atoms with Gasteiger partial charge in [-0.25, -0.2) is 9.37 Å². The summed E-state index contributed by atoms with van der Waals surface area (Å²) in [5, 5.41) is 6.05. The highest BCUT2D eigenvalue weighted by molar-refractivity contribution is 7.09. The van der Waals surface area contributed by atoms with Crippen molar-refractivity contribution in [3.63, 3.8) is 0 Å². The number of halogens is 1. The van der Waals surface area contributed by atoms with E-state index in [0.29, 0.717) is 18.5 Å². The molecule has 1 aromatic heterocycles. The second-order valence-corrected chi connectivity index (χ2v) is 5.09. The lowest BCUT2D eigenvalue weighted by molar-refractivity contribution is 0.0905. The van der Waals surface area contributed by atoms with Crippen LogP contribution in [0, 0.1) is 6.92 Å². The molecule has 2 rings (SSSR count). The molecule has 1 saturated heterocycles. The van der Waals surface area contributed by atoms with Gasteiger partial charge in [-0.2, -0.15) is 0 Å². The highest BCUT2D eigenvalue weighted by Gasteiger charge is 2.38. The van der Waals surface area contributed by atoms with Crippen molar-refractivity contribution in [2.24, 2.45) is 0 Å². The highest BCUT2D eigenvalue weighted by atomic mass is 32.1. The molecule has 1 N–H and O–H groups in total. The summed E-state index contributed by atoms with van der Waals surface area (Å²) in [6, 6.07) is 0.246. The molecule has 1 fully saturated rings. The Bertz CT molecular complexity index is 326. The third-order valence-electron chi connectivity index (χ3n) is 2.72. The first-order chi connectivity index (χ1) is 6.60. The van der Waals surface area contributed by atoms with E-state index < -0.39 is 5.67 Å². The SMILES string of the molecule is Cc1nc(C2(F)CCNC(C)C2)cs1. The summed E-state index contributed by atoms with van der Waals surface area (Å²) in [5.41, 5.74) is -0.566. The second kappa shape index (κ2) is 3.59. The predicted octanol–water partition coefficient (Wildman–Crippen LogP) is 2.39. The van der Waals surface area contributed by atoms with Crippen molar-refractivity contribution in [2.75, 3.05) is 6.54 Å². The van der Waals surface area contributed by atoms with Crippen LogP contribution in [0.25, 0.3) is 0 Å². The van der Waals surface area contributed by atoms with Crippen molar-refractivity contribution < 1.29 is 4.39 Å². The van der Waals surface area contributed by atoms with Gasteiger partial charge in [0.05, 0.1) is 10.7 Å². The zero-order chi connectivity index (χ0) is 10.2. The fraction of sp³-hybridized carbons (Fsp3) is 0.700. The van der Waals surface area contributed by atoms with E-state index in [-0.39, 0.29) is 6.04 Å². The molecule has 14 heavy (non-hydrogen) atoms. The van der Waals surface area contributed by atoms with Crippen LogP contribution < -0.4 is 5.32 Å². The molecule has 4 heteroatoms. The maximum Gasteiger partial charge on any atom is 0.156 e. The Morgan fingerprint density at radius 3 is 3.07 bits per heavy atom. The number of aromatic nitrogens is 1. The van der Waals surface area contributed by atoms with Crippen LogP contribution in [0.4, 0.5) is 4.39 Å². The molecule has 2 unspecified atom stereocenters. The van der Waals surface area contributed by atoms with Gasteiger partial charge in [-0.3, -0.25) is 0 Å². The molecule has 0 spiro atoms. The summed E-state index contributed by atoms with van der Waals surface area (Å²) >= 11 is 1.53. The number of rotatable bonds is 1. The molecule has 0 aromatic carbocycles. The van der Waals surface area contributed by atoms with Crippen molar-refractivity contribution in [3.05, 3.63) is 16.1 Å². The van der Waals surface area contributed by atoms with Gasteiger partial charge in [0.1, 0.15) is 0 Å². The van der Waals surface area contributed by atoms with Gasteiger partial charge in [-0.1, -0.05) is 0 Å². The van der Waals surface area contributed by atoms with E-state index in [4.69, 9.17) is 0 Å². The van der Waals surface area contributed by atoms with Crippen molar-refractivity contribution >= 4 is 11.3 Å². The Hall–Kier alpha value is -0.480. The van der Waals surface area contributed by atoms with Crippen LogP contribution in [-0.2, 0) is 5.67 Å². The van der Waals surface area contributed by atoms with Crippen molar-refractivity contribution in [2.45, 2.75) is 38.4 Å². The van der Waals surface area contributed by atoms with E-state index in [9.17, 15) is 4.39 Å². The summed E-state index contributed by atoms with van der Waals surface area (Å²) in [4.78, 5) is 4.26. The summed E-state index contributed by atoms with van der Waals surface area (Å²) in [6.07, 6.45) is 1.08. The molecule has 1 aliphatic heterocycles. The molecule has 0 bridgehead atoms. The second-order valence-electron chi connectivity index (χ2n) is 4.03. The van der Waals surface area contributed by atoms with E-state index >= 15 is 0 Å². The zero-order valence-electron chi connectivity index (χ0n) is 8.51. The monoisotopic (exact) mass is 214 g/mol. The summed E-state index contributed by atoms with van der Waals surface area (Å²) in [5.74, 6) is 0.